The highest BCUT2D eigenvalue weighted by molar-refractivity contribution is 6.00. The highest BCUT2D eigenvalue weighted by Crippen LogP contribution is 2.33. The zero-order valence-corrected chi connectivity index (χ0v) is 19.8. The number of aromatic nitrogens is 5. The maximum Gasteiger partial charge on any atom is 0.135 e. The molecule has 6 nitrogen and oxygen atoms in total. The Balaban J connectivity index is 1.62. The molecule has 174 valence electrons. The smallest absolute Gasteiger partial charge is 0.135 e. The Bertz CT molecular complexity index is 1620. The zero-order valence-electron chi connectivity index (χ0n) is 19.8. The first-order chi connectivity index (χ1) is 17.0. The Kier molecular flexibility index (Phi) is 5.74. The SMILES string of the molecule is C=C/C(=C\C(=C/C)c1ccc2[nH]nc(-c3cc4c(-c5cccc(F)c5)cncc4[nH]3)c2n1)N(C)C. The average molecular weight is 465 g/mol. The fourth-order valence-electron chi connectivity index (χ4n) is 4.15. The number of nitrogens with zero attached hydrogens (tertiary/aromatic N) is 4. The molecule has 35 heavy (non-hydrogen) atoms. The van der Waals surface area contributed by atoms with Crippen molar-refractivity contribution in [3.63, 3.8) is 0 Å². The molecular formula is C28H25FN6. The van der Waals surface area contributed by atoms with Crippen molar-refractivity contribution in [2.24, 2.45) is 0 Å². The van der Waals surface area contributed by atoms with Crippen LogP contribution in [0.2, 0.25) is 0 Å². The molecule has 0 bridgehead atoms. The number of H-pyrrole nitrogens is 2. The van der Waals surface area contributed by atoms with Crippen LogP contribution in [0.3, 0.4) is 0 Å². The minimum atomic E-state index is -0.284. The number of likely N-dealkylation sites (N-methyl/N-ethyl adjacent to an activating group) is 1. The normalized spacial score (nSPS) is 12.5. The number of fused-ring (bicyclic) bond motifs is 2. The first kappa shape index (κ1) is 22.3. The van der Waals surface area contributed by atoms with Crippen LogP contribution >= 0.6 is 0 Å². The summed E-state index contributed by atoms with van der Waals surface area (Å²) in [5.41, 5.74) is 8.36. The number of hydrogen-bond acceptors (Lipinski definition) is 4. The molecule has 1 aromatic carbocycles. The number of rotatable bonds is 6. The monoisotopic (exact) mass is 464 g/mol. The molecule has 0 aliphatic carbocycles. The van der Waals surface area contributed by atoms with E-state index in [-0.39, 0.29) is 5.82 Å². The Morgan fingerprint density at radius 1 is 1.09 bits per heavy atom. The van der Waals surface area contributed by atoms with E-state index in [0.29, 0.717) is 5.69 Å². The Morgan fingerprint density at radius 3 is 2.69 bits per heavy atom. The van der Waals surface area contributed by atoms with Gasteiger partial charge in [0.1, 0.15) is 17.0 Å². The lowest BCUT2D eigenvalue weighted by Gasteiger charge is -2.14. The summed E-state index contributed by atoms with van der Waals surface area (Å²) < 4.78 is 13.9. The van der Waals surface area contributed by atoms with Crippen molar-refractivity contribution in [3.05, 3.63) is 96.9 Å². The maximum atomic E-state index is 13.9. The van der Waals surface area contributed by atoms with E-state index in [9.17, 15) is 4.39 Å². The van der Waals surface area contributed by atoms with E-state index < -0.39 is 0 Å². The summed E-state index contributed by atoms with van der Waals surface area (Å²) in [6, 6.07) is 12.5. The molecule has 7 heteroatoms. The topological polar surface area (TPSA) is 73.5 Å². The Labute approximate surface area is 202 Å². The molecule has 0 saturated heterocycles. The summed E-state index contributed by atoms with van der Waals surface area (Å²) in [5.74, 6) is -0.284. The largest absolute Gasteiger partial charge is 0.378 e. The van der Waals surface area contributed by atoms with Gasteiger partial charge in [0.15, 0.2) is 0 Å². The summed E-state index contributed by atoms with van der Waals surface area (Å²) >= 11 is 0. The van der Waals surface area contributed by atoms with Crippen LogP contribution in [0.1, 0.15) is 12.6 Å². The molecule has 4 aromatic heterocycles. The van der Waals surface area contributed by atoms with Gasteiger partial charge in [-0.1, -0.05) is 24.8 Å². The molecule has 0 aliphatic rings. The van der Waals surface area contributed by atoms with Gasteiger partial charge in [-0.15, -0.1) is 0 Å². The van der Waals surface area contributed by atoms with Crippen LogP contribution in [0, 0.1) is 5.82 Å². The van der Waals surface area contributed by atoms with Crippen molar-refractivity contribution in [1.82, 2.24) is 30.0 Å². The molecule has 0 radical (unpaired) electrons. The van der Waals surface area contributed by atoms with Crippen molar-refractivity contribution < 1.29 is 4.39 Å². The first-order valence-corrected chi connectivity index (χ1v) is 11.2. The van der Waals surface area contributed by atoms with Crippen LogP contribution in [-0.4, -0.2) is 44.1 Å². The Hall–Kier alpha value is -4.52. The second-order valence-corrected chi connectivity index (χ2v) is 8.42. The third kappa shape index (κ3) is 4.12. The third-order valence-electron chi connectivity index (χ3n) is 5.98. The van der Waals surface area contributed by atoms with Gasteiger partial charge in [0.25, 0.3) is 0 Å². The van der Waals surface area contributed by atoms with Gasteiger partial charge in [-0.25, -0.2) is 9.37 Å². The Morgan fingerprint density at radius 2 is 1.94 bits per heavy atom. The summed E-state index contributed by atoms with van der Waals surface area (Å²) in [6.07, 6.45) is 9.41. The lowest BCUT2D eigenvalue weighted by molar-refractivity contribution is 0.530. The summed E-state index contributed by atoms with van der Waals surface area (Å²) in [6.45, 7) is 5.90. The number of nitrogens with one attached hydrogen (secondary N) is 2. The predicted molar refractivity (Wildman–Crippen MR) is 140 cm³/mol. The van der Waals surface area contributed by atoms with E-state index in [0.717, 1.165) is 55.7 Å². The molecule has 0 unspecified atom stereocenters. The number of halogens is 1. The van der Waals surface area contributed by atoms with E-state index in [1.54, 1.807) is 18.5 Å². The van der Waals surface area contributed by atoms with Gasteiger partial charge in [0.2, 0.25) is 0 Å². The fourth-order valence-corrected chi connectivity index (χ4v) is 4.15. The highest BCUT2D eigenvalue weighted by Gasteiger charge is 2.16. The van der Waals surface area contributed by atoms with Gasteiger partial charge >= 0.3 is 0 Å². The molecule has 0 aliphatic heterocycles. The standard InChI is InChI=1S/C28H25FN6/c1-5-17(13-20(6-2)35(3)4)23-10-11-24-27(32-23)28(34-33-24)25-14-21-22(15-30-16-26(21)31-25)18-8-7-9-19(29)12-18/h5-16,31H,2H2,1,3-4H3,(H,33,34)/b17-5+,20-13+. The number of aromatic amines is 2. The van der Waals surface area contributed by atoms with Gasteiger partial charge < -0.3 is 9.88 Å². The van der Waals surface area contributed by atoms with Crippen LogP contribution in [-0.2, 0) is 0 Å². The molecule has 4 heterocycles. The van der Waals surface area contributed by atoms with Crippen molar-refractivity contribution in [2.75, 3.05) is 14.1 Å². The first-order valence-electron chi connectivity index (χ1n) is 11.2. The maximum absolute atomic E-state index is 13.9. The number of pyridine rings is 2. The predicted octanol–water partition coefficient (Wildman–Crippen LogP) is 6.34. The lowest BCUT2D eigenvalue weighted by Crippen LogP contribution is -2.09. The van der Waals surface area contributed by atoms with Gasteiger partial charge in [0.05, 0.1) is 28.6 Å². The molecule has 0 atom stereocenters. The molecule has 0 fully saturated rings. The van der Waals surface area contributed by atoms with Crippen LogP contribution < -0.4 is 0 Å². The quantitative estimate of drug-likeness (QED) is 0.288. The number of allylic oxidation sites excluding steroid dienone is 4. The summed E-state index contributed by atoms with van der Waals surface area (Å²) in [5, 5.41) is 8.57. The number of hydrogen-bond donors (Lipinski definition) is 2. The van der Waals surface area contributed by atoms with Gasteiger partial charge in [-0.05, 0) is 60.5 Å². The van der Waals surface area contributed by atoms with Crippen LogP contribution in [0.25, 0.3) is 50.0 Å². The van der Waals surface area contributed by atoms with Crippen LogP contribution in [0.5, 0.6) is 0 Å². The van der Waals surface area contributed by atoms with E-state index in [1.807, 2.05) is 62.3 Å². The zero-order chi connectivity index (χ0) is 24.5. The van der Waals surface area contributed by atoms with E-state index in [2.05, 4.69) is 32.8 Å². The minimum Gasteiger partial charge on any atom is -0.378 e. The third-order valence-corrected chi connectivity index (χ3v) is 5.98. The van der Waals surface area contributed by atoms with Crippen molar-refractivity contribution in [2.45, 2.75) is 6.92 Å². The van der Waals surface area contributed by atoms with Crippen molar-refractivity contribution in [1.29, 1.82) is 0 Å². The second-order valence-electron chi connectivity index (χ2n) is 8.42. The molecule has 0 spiro atoms. The van der Waals surface area contributed by atoms with E-state index in [4.69, 9.17) is 4.98 Å². The highest BCUT2D eigenvalue weighted by atomic mass is 19.1. The van der Waals surface area contributed by atoms with Crippen molar-refractivity contribution in [3.8, 4) is 22.5 Å². The lowest BCUT2D eigenvalue weighted by atomic mass is 10.0. The summed E-state index contributed by atoms with van der Waals surface area (Å²) in [7, 11) is 3.96. The molecule has 5 aromatic rings. The molecule has 0 saturated carbocycles. The average Bonchev–Trinajstić information content (AvgIpc) is 3.48. The second kappa shape index (κ2) is 9.02. The van der Waals surface area contributed by atoms with E-state index >= 15 is 0 Å². The van der Waals surface area contributed by atoms with Gasteiger partial charge in [-0.3, -0.25) is 10.1 Å². The van der Waals surface area contributed by atoms with Crippen LogP contribution in [0.15, 0.2) is 85.4 Å². The van der Waals surface area contributed by atoms with Crippen LogP contribution in [0.4, 0.5) is 4.39 Å². The molecule has 5 rings (SSSR count). The van der Waals surface area contributed by atoms with Gasteiger partial charge in [-0.2, -0.15) is 5.10 Å². The minimum absolute atomic E-state index is 0.284. The fraction of sp³-hybridized carbons (Fsp3) is 0.107. The number of benzene rings is 1. The van der Waals surface area contributed by atoms with E-state index in [1.165, 1.54) is 12.1 Å². The molecule has 0 amide bonds. The van der Waals surface area contributed by atoms with Crippen molar-refractivity contribution >= 4 is 27.5 Å². The van der Waals surface area contributed by atoms with Gasteiger partial charge in [0, 0.05) is 36.9 Å². The summed E-state index contributed by atoms with van der Waals surface area (Å²) in [4.78, 5) is 14.7. The molecular weight excluding hydrogens is 439 g/mol. The molecule has 2 N–H and O–H groups in total.